The molecule has 3 rings (SSSR count). The summed E-state index contributed by atoms with van der Waals surface area (Å²) in [5, 5.41) is 0.257. The molecule has 0 bridgehead atoms. The molecular weight excluding hydrogens is 310 g/mol. The number of rotatable bonds is 4. The Hall–Kier alpha value is -0.720. The first-order valence-electron chi connectivity index (χ1n) is 7.51. The average Bonchev–Trinajstić information content (AvgIpc) is 2.43. The summed E-state index contributed by atoms with van der Waals surface area (Å²) in [6.07, 6.45) is 6.57. The minimum Gasteiger partial charge on any atom is -0.227 e. The van der Waals surface area contributed by atoms with Gasteiger partial charge in [-0.25, -0.2) is 22.7 Å². The molecule has 1 aliphatic heterocycles. The van der Waals surface area contributed by atoms with Crippen LogP contribution in [0, 0.1) is 5.92 Å². The van der Waals surface area contributed by atoms with E-state index in [9.17, 15) is 8.42 Å². The molecule has 2 fully saturated rings. The summed E-state index contributed by atoms with van der Waals surface area (Å²) in [5.74, 6) is 0.992. The molecule has 1 saturated carbocycles. The fraction of sp³-hybridized carbons (Fsp3) is 0.714. The van der Waals surface area contributed by atoms with Gasteiger partial charge in [-0.15, -0.1) is 0 Å². The summed E-state index contributed by atoms with van der Waals surface area (Å²) in [7, 11) is -3.08. The smallest absolute Gasteiger partial charge is 0.222 e. The van der Waals surface area contributed by atoms with E-state index in [4.69, 9.17) is 11.6 Å². The van der Waals surface area contributed by atoms with Gasteiger partial charge in [0.15, 0.2) is 0 Å². The van der Waals surface area contributed by atoms with Gasteiger partial charge in [-0.1, -0.05) is 6.42 Å². The SMILES string of the molecule is O=S(=O)(CC1CCC1)N1CCC(c2ccnc(Cl)n2)CC1. The van der Waals surface area contributed by atoms with Crippen LogP contribution in [0.15, 0.2) is 12.3 Å². The molecule has 0 N–H and O–H groups in total. The second kappa shape index (κ2) is 6.18. The van der Waals surface area contributed by atoms with Crippen molar-refractivity contribution >= 4 is 21.6 Å². The van der Waals surface area contributed by atoms with E-state index in [0.29, 0.717) is 24.8 Å². The van der Waals surface area contributed by atoms with E-state index >= 15 is 0 Å². The van der Waals surface area contributed by atoms with Crippen LogP contribution in [0.5, 0.6) is 0 Å². The summed E-state index contributed by atoms with van der Waals surface area (Å²) in [5.41, 5.74) is 0.922. The maximum Gasteiger partial charge on any atom is 0.222 e. The van der Waals surface area contributed by atoms with Crippen molar-refractivity contribution < 1.29 is 8.42 Å². The van der Waals surface area contributed by atoms with Crippen LogP contribution in [0.25, 0.3) is 0 Å². The molecule has 1 aliphatic carbocycles. The van der Waals surface area contributed by atoms with Gasteiger partial charge in [0.1, 0.15) is 0 Å². The number of hydrogen-bond acceptors (Lipinski definition) is 4. The second-order valence-corrected chi connectivity index (χ2v) is 8.35. The van der Waals surface area contributed by atoms with Gasteiger partial charge in [0.2, 0.25) is 15.3 Å². The van der Waals surface area contributed by atoms with Gasteiger partial charge in [0.25, 0.3) is 0 Å². The van der Waals surface area contributed by atoms with E-state index in [-0.39, 0.29) is 11.2 Å². The van der Waals surface area contributed by atoms with Crippen LogP contribution in [0.3, 0.4) is 0 Å². The molecule has 116 valence electrons. The average molecular weight is 330 g/mol. The molecule has 0 radical (unpaired) electrons. The highest BCUT2D eigenvalue weighted by atomic mass is 35.5. The van der Waals surface area contributed by atoms with Crippen molar-refractivity contribution in [1.29, 1.82) is 0 Å². The molecule has 7 heteroatoms. The predicted molar refractivity (Wildman–Crippen MR) is 81.7 cm³/mol. The van der Waals surface area contributed by atoms with Crippen molar-refractivity contribution in [3.05, 3.63) is 23.2 Å². The van der Waals surface area contributed by atoms with Gasteiger partial charge in [-0.2, -0.15) is 0 Å². The summed E-state index contributed by atoms with van der Waals surface area (Å²) >= 11 is 5.82. The first-order valence-corrected chi connectivity index (χ1v) is 9.49. The Bertz CT molecular complexity index is 596. The van der Waals surface area contributed by atoms with E-state index in [1.807, 2.05) is 6.07 Å². The maximum absolute atomic E-state index is 12.4. The van der Waals surface area contributed by atoms with Crippen LogP contribution in [-0.2, 0) is 10.0 Å². The number of hydrogen-bond donors (Lipinski definition) is 0. The zero-order chi connectivity index (χ0) is 14.9. The lowest BCUT2D eigenvalue weighted by atomic mass is 9.87. The molecule has 0 aromatic carbocycles. The Kier molecular flexibility index (Phi) is 4.47. The maximum atomic E-state index is 12.4. The van der Waals surface area contributed by atoms with Crippen LogP contribution in [0.2, 0.25) is 5.28 Å². The highest BCUT2D eigenvalue weighted by Crippen LogP contribution is 2.31. The summed E-state index contributed by atoms with van der Waals surface area (Å²) in [6.45, 7) is 1.17. The first kappa shape index (κ1) is 15.2. The molecule has 0 amide bonds. The second-order valence-electron chi connectivity index (χ2n) is 6.00. The van der Waals surface area contributed by atoms with Crippen molar-refractivity contribution in [2.24, 2.45) is 5.92 Å². The fourth-order valence-corrected chi connectivity index (χ4v) is 5.13. The molecule has 1 saturated heterocycles. The van der Waals surface area contributed by atoms with Crippen molar-refractivity contribution in [2.45, 2.75) is 38.0 Å². The van der Waals surface area contributed by atoms with Gasteiger partial charge in [-0.3, -0.25) is 0 Å². The van der Waals surface area contributed by atoms with Gasteiger partial charge < -0.3 is 0 Å². The van der Waals surface area contributed by atoms with Crippen LogP contribution in [-0.4, -0.2) is 41.5 Å². The molecule has 21 heavy (non-hydrogen) atoms. The molecule has 5 nitrogen and oxygen atoms in total. The summed E-state index contributed by atoms with van der Waals surface area (Å²) < 4.78 is 26.4. The lowest BCUT2D eigenvalue weighted by molar-refractivity contribution is 0.301. The number of nitrogens with zero attached hydrogens (tertiary/aromatic N) is 3. The van der Waals surface area contributed by atoms with Crippen molar-refractivity contribution in [3.8, 4) is 0 Å². The molecule has 0 spiro atoms. The molecule has 1 aromatic rings. The van der Waals surface area contributed by atoms with Gasteiger partial charge in [0, 0.05) is 30.9 Å². The molecule has 2 heterocycles. The molecule has 1 aromatic heterocycles. The third-order valence-corrected chi connectivity index (χ3v) is 6.81. The van der Waals surface area contributed by atoms with Crippen molar-refractivity contribution in [1.82, 2.24) is 14.3 Å². The van der Waals surface area contributed by atoms with E-state index in [1.54, 1.807) is 10.5 Å². The van der Waals surface area contributed by atoms with E-state index < -0.39 is 10.0 Å². The molecule has 2 aliphatic rings. The van der Waals surface area contributed by atoms with Crippen LogP contribution < -0.4 is 0 Å². The number of sulfonamides is 1. The Morgan fingerprint density at radius 1 is 1.24 bits per heavy atom. The van der Waals surface area contributed by atoms with E-state index in [0.717, 1.165) is 31.4 Å². The summed E-state index contributed by atoms with van der Waals surface area (Å²) in [4.78, 5) is 8.13. The Balaban J connectivity index is 1.59. The number of piperidine rings is 1. The Labute approximate surface area is 130 Å². The quantitative estimate of drug-likeness (QED) is 0.796. The van der Waals surface area contributed by atoms with Crippen LogP contribution in [0.1, 0.15) is 43.7 Å². The third-order valence-electron chi connectivity index (χ3n) is 4.58. The molecular formula is C14H20ClN3O2S. The first-order chi connectivity index (χ1) is 10.0. The normalized spacial score (nSPS) is 22.1. The highest BCUT2D eigenvalue weighted by molar-refractivity contribution is 7.89. The molecule has 0 atom stereocenters. The molecule has 0 unspecified atom stereocenters. The van der Waals surface area contributed by atoms with Crippen molar-refractivity contribution in [2.75, 3.05) is 18.8 Å². The topological polar surface area (TPSA) is 63.2 Å². The largest absolute Gasteiger partial charge is 0.227 e. The van der Waals surface area contributed by atoms with Gasteiger partial charge >= 0.3 is 0 Å². The standard InChI is InChI=1S/C14H20ClN3O2S/c15-14-16-7-4-13(17-14)12-5-8-18(9-6-12)21(19,20)10-11-2-1-3-11/h4,7,11-12H,1-3,5-6,8-10H2. The number of aromatic nitrogens is 2. The van der Waals surface area contributed by atoms with E-state index in [1.165, 1.54) is 6.42 Å². The fourth-order valence-electron chi connectivity index (χ4n) is 3.07. The monoisotopic (exact) mass is 329 g/mol. The third kappa shape index (κ3) is 3.55. The Morgan fingerprint density at radius 2 is 1.95 bits per heavy atom. The minimum absolute atomic E-state index is 0.257. The van der Waals surface area contributed by atoms with Crippen LogP contribution in [0.4, 0.5) is 0 Å². The van der Waals surface area contributed by atoms with Gasteiger partial charge in [0.05, 0.1) is 5.75 Å². The minimum atomic E-state index is -3.08. The highest BCUT2D eigenvalue weighted by Gasteiger charge is 2.32. The van der Waals surface area contributed by atoms with E-state index in [2.05, 4.69) is 9.97 Å². The zero-order valence-corrected chi connectivity index (χ0v) is 13.5. The number of halogens is 1. The zero-order valence-electron chi connectivity index (χ0n) is 11.9. The lowest BCUT2D eigenvalue weighted by Crippen LogP contribution is -2.41. The Morgan fingerprint density at radius 3 is 2.52 bits per heavy atom. The van der Waals surface area contributed by atoms with Gasteiger partial charge in [-0.05, 0) is 49.3 Å². The predicted octanol–water partition coefficient (Wildman–Crippen LogP) is 2.44. The van der Waals surface area contributed by atoms with Crippen LogP contribution >= 0.6 is 11.6 Å². The lowest BCUT2D eigenvalue weighted by Gasteiger charge is -2.33. The summed E-state index contributed by atoms with van der Waals surface area (Å²) in [6, 6.07) is 1.87. The van der Waals surface area contributed by atoms with Crippen molar-refractivity contribution in [3.63, 3.8) is 0 Å².